The highest BCUT2D eigenvalue weighted by atomic mass is 35.5. The number of ether oxygens (including phenoxy) is 2. The molecule has 2 aromatic carbocycles. The number of hydrogen-bond donors (Lipinski definition) is 2. The number of carbonyl (C=O) groups is 2. The fraction of sp³-hybridized carbons (Fsp3) is 0.333. The number of hydrogen-bond acceptors (Lipinski definition) is 4. The van der Waals surface area contributed by atoms with Gasteiger partial charge in [-0.1, -0.05) is 47.8 Å². The molecule has 2 rings (SSSR count). The van der Waals surface area contributed by atoms with Crippen LogP contribution < -0.4 is 20.3 Å². The zero-order valence-corrected chi connectivity index (χ0v) is 17.8. The molecule has 2 amide bonds. The maximum absolute atomic E-state index is 12.2. The average Bonchev–Trinajstić information content (AvgIpc) is 2.70. The van der Waals surface area contributed by atoms with Gasteiger partial charge in [-0.25, -0.2) is 0 Å². The summed E-state index contributed by atoms with van der Waals surface area (Å²) in [5.74, 6) is 0.366. The van der Waals surface area contributed by atoms with Gasteiger partial charge in [0, 0.05) is 11.4 Å². The fourth-order valence-electron chi connectivity index (χ4n) is 2.38. The molecule has 0 aromatic heterocycles. The summed E-state index contributed by atoms with van der Waals surface area (Å²) < 4.78 is 11.2. The predicted octanol–water partition coefficient (Wildman–Crippen LogP) is 4.47. The van der Waals surface area contributed by atoms with E-state index in [0.717, 1.165) is 5.56 Å². The first-order chi connectivity index (χ1) is 13.9. The van der Waals surface area contributed by atoms with E-state index in [1.54, 1.807) is 30.3 Å². The molecule has 0 aliphatic heterocycles. The molecule has 2 N–H and O–H groups in total. The maximum atomic E-state index is 12.2. The minimum atomic E-state index is -0.701. The molecule has 8 heteroatoms. The first-order valence-corrected chi connectivity index (χ1v) is 10.0. The van der Waals surface area contributed by atoms with E-state index in [0.29, 0.717) is 41.0 Å². The van der Waals surface area contributed by atoms with E-state index in [1.807, 2.05) is 26.0 Å². The summed E-state index contributed by atoms with van der Waals surface area (Å²) in [6, 6.07) is 12.3. The summed E-state index contributed by atoms with van der Waals surface area (Å²) in [7, 11) is 0. The molecule has 1 atom stereocenters. The highest BCUT2D eigenvalue weighted by Gasteiger charge is 2.18. The van der Waals surface area contributed by atoms with E-state index in [9.17, 15) is 9.59 Å². The van der Waals surface area contributed by atoms with Crippen LogP contribution in [0.25, 0.3) is 0 Å². The van der Waals surface area contributed by atoms with Crippen LogP contribution in [0.15, 0.2) is 42.5 Å². The minimum Gasteiger partial charge on any atom is -0.492 e. The molecular weight excluding hydrogens is 415 g/mol. The van der Waals surface area contributed by atoms with Crippen molar-refractivity contribution in [3.8, 4) is 11.5 Å². The Bertz CT molecular complexity index is 828. The molecule has 6 nitrogen and oxygen atoms in total. The van der Waals surface area contributed by atoms with Gasteiger partial charge in [0.25, 0.3) is 5.91 Å². The number of nitrogens with one attached hydrogen (secondary N) is 2. The van der Waals surface area contributed by atoms with Crippen molar-refractivity contribution < 1.29 is 19.1 Å². The van der Waals surface area contributed by atoms with Gasteiger partial charge in [-0.05, 0) is 50.1 Å². The first-order valence-electron chi connectivity index (χ1n) is 9.29. The Balaban J connectivity index is 1.68. The molecule has 0 radical (unpaired) electrons. The van der Waals surface area contributed by atoms with Crippen LogP contribution in [0.1, 0.15) is 31.7 Å². The van der Waals surface area contributed by atoms with Crippen LogP contribution >= 0.6 is 23.2 Å². The predicted molar refractivity (Wildman–Crippen MR) is 113 cm³/mol. The molecular formula is C21H24Cl2N2O4. The number of carbonyl (C=O) groups excluding carboxylic acids is 2. The zero-order valence-electron chi connectivity index (χ0n) is 16.3. The van der Waals surface area contributed by atoms with Gasteiger partial charge in [-0.3, -0.25) is 20.4 Å². The molecule has 0 aliphatic rings. The van der Waals surface area contributed by atoms with Gasteiger partial charge in [0.2, 0.25) is 5.91 Å². The monoisotopic (exact) mass is 438 g/mol. The number of rotatable bonds is 9. The molecule has 156 valence electrons. The van der Waals surface area contributed by atoms with E-state index in [2.05, 4.69) is 10.9 Å². The zero-order chi connectivity index (χ0) is 21.2. The van der Waals surface area contributed by atoms with Crippen molar-refractivity contribution in [3.63, 3.8) is 0 Å². The van der Waals surface area contributed by atoms with Gasteiger partial charge >= 0.3 is 0 Å². The molecule has 29 heavy (non-hydrogen) atoms. The normalized spacial score (nSPS) is 11.4. The number of aryl methyl sites for hydroxylation is 1. The second-order valence-electron chi connectivity index (χ2n) is 6.39. The lowest BCUT2D eigenvalue weighted by atomic mass is 10.2. The number of halogens is 2. The van der Waals surface area contributed by atoms with Crippen molar-refractivity contribution in [1.82, 2.24) is 10.9 Å². The lowest BCUT2D eigenvalue weighted by molar-refractivity contribution is -0.133. The largest absolute Gasteiger partial charge is 0.492 e. The maximum Gasteiger partial charge on any atom is 0.279 e. The lowest BCUT2D eigenvalue weighted by Gasteiger charge is -2.17. The smallest absolute Gasteiger partial charge is 0.279 e. The van der Waals surface area contributed by atoms with Gasteiger partial charge in [-0.15, -0.1) is 0 Å². The van der Waals surface area contributed by atoms with Crippen molar-refractivity contribution in [2.75, 3.05) is 6.61 Å². The molecule has 0 fully saturated rings. The molecule has 0 spiro atoms. The molecule has 0 aliphatic carbocycles. The van der Waals surface area contributed by atoms with Crippen molar-refractivity contribution in [2.45, 2.75) is 39.2 Å². The third-order valence-electron chi connectivity index (χ3n) is 3.99. The Labute approximate surface area is 180 Å². The van der Waals surface area contributed by atoms with Crippen molar-refractivity contribution >= 4 is 35.0 Å². The SMILES string of the molecule is CCC(Oc1ccc(C)cc1)C(=O)NNC(=O)CCCOc1ccc(Cl)cc1Cl. The van der Waals surface area contributed by atoms with Gasteiger partial charge in [-0.2, -0.15) is 0 Å². The third kappa shape index (κ3) is 7.83. The van der Waals surface area contributed by atoms with Crippen molar-refractivity contribution in [1.29, 1.82) is 0 Å². The first kappa shape index (κ1) is 22.8. The van der Waals surface area contributed by atoms with Crippen LogP contribution in [-0.2, 0) is 9.59 Å². The van der Waals surface area contributed by atoms with Crippen LogP contribution in [-0.4, -0.2) is 24.5 Å². The summed E-state index contributed by atoms with van der Waals surface area (Å²) in [6.45, 7) is 4.11. The van der Waals surface area contributed by atoms with Crippen LogP contribution in [0.4, 0.5) is 0 Å². The Morgan fingerprint density at radius 3 is 2.45 bits per heavy atom. The quantitative estimate of drug-likeness (QED) is 0.447. The summed E-state index contributed by atoms with van der Waals surface area (Å²) in [5.41, 5.74) is 5.89. The summed E-state index contributed by atoms with van der Waals surface area (Å²) in [4.78, 5) is 24.1. The van der Waals surface area contributed by atoms with Crippen molar-refractivity contribution in [3.05, 3.63) is 58.1 Å². The van der Waals surface area contributed by atoms with Crippen LogP contribution in [0, 0.1) is 6.92 Å². The van der Waals surface area contributed by atoms with Gasteiger partial charge in [0.05, 0.1) is 11.6 Å². The molecule has 0 saturated heterocycles. The summed E-state index contributed by atoms with van der Waals surface area (Å²) in [6.07, 6.45) is 0.401. The van der Waals surface area contributed by atoms with E-state index < -0.39 is 12.0 Å². The van der Waals surface area contributed by atoms with Gasteiger partial charge in [0.15, 0.2) is 6.10 Å². The molecule has 0 saturated carbocycles. The van der Waals surface area contributed by atoms with Crippen LogP contribution in [0.5, 0.6) is 11.5 Å². The average molecular weight is 439 g/mol. The van der Waals surface area contributed by atoms with E-state index in [-0.39, 0.29) is 12.3 Å². The summed E-state index contributed by atoms with van der Waals surface area (Å²) >= 11 is 11.8. The lowest BCUT2D eigenvalue weighted by Crippen LogP contribution is -2.47. The van der Waals surface area contributed by atoms with E-state index >= 15 is 0 Å². The standard InChI is InChI=1S/C21H24Cl2N2O4/c1-3-18(29-16-9-6-14(2)7-10-16)21(27)25-24-20(26)5-4-12-28-19-11-8-15(22)13-17(19)23/h6-11,13,18H,3-5,12H2,1-2H3,(H,24,26)(H,25,27). The van der Waals surface area contributed by atoms with E-state index in [1.165, 1.54) is 0 Å². The Hall–Kier alpha value is -2.44. The Morgan fingerprint density at radius 1 is 1.07 bits per heavy atom. The van der Waals surface area contributed by atoms with Gasteiger partial charge < -0.3 is 9.47 Å². The van der Waals surface area contributed by atoms with Crippen LogP contribution in [0.2, 0.25) is 10.0 Å². The van der Waals surface area contributed by atoms with Crippen LogP contribution in [0.3, 0.4) is 0 Å². The highest BCUT2D eigenvalue weighted by Crippen LogP contribution is 2.27. The number of hydrazine groups is 1. The number of benzene rings is 2. The van der Waals surface area contributed by atoms with E-state index in [4.69, 9.17) is 32.7 Å². The van der Waals surface area contributed by atoms with Crippen molar-refractivity contribution in [2.24, 2.45) is 0 Å². The molecule has 2 aromatic rings. The fourth-order valence-corrected chi connectivity index (χ4v) is 2.85. The third-order valence-corrected chi connectivity index (χ3v) is 4.52. The summed E-state index contributed by atoms with van der Waals surface area (Å²) in [5, 5.41) is 0.933. The molecule has 1 unspecified atom stereocenters. The second-order valence-corrected chi connectivity index (χ2v) is 7.24. The second kappa shape index (κ2) is 11.5. The Morgan fingerprint density at radius 2 is 1.79 bits per heavy atom. The van der Waals surface area contributed by atoms with Gasteiger partial charge in [0.1, 0.15) is 11.5 Å². The molecule has 0 heterocycles. The minimum absolute atomic E-state index is 0.182. The molecule has 0 bridgehead atoms. The Kier molecular flexibility index (Phi) is 9.09. The highest BCUT2D eigenvalue weighted by molar-refractivity contribution is 6.35. The topological polar surface area (TPSA) is 76.7 Å². The number of amides is 2.